The molecule has 0 N–H and O–H groups in total. The molecule has 0 saturated heterocycles. The standard InChI is InChI=1S/C51H92O6/c1-4-7-10-13-16-19-22-25-28-31-34-37-40-43-49(52)55-46-48(57-51(54)45-42-39-36-33-30-27-24-21-18-15-12-9-6-3)47-56-50(53)44-41-38-35-32-29-26-23-20-17-14-11-8-5-2/h19-24,48H,4-18,25-47H2,1-3H3/b22-19-,23-20+,24-21+. The Morgan fingerprint density at radius 1 is 0.333 bits per heavy atom. The van der Waals surface area contributed by atoms with E-state index in [0.29, 0.717) is 19.3 Å². The fraction of sp³-hybridized carbons (Fsp3) is 0.824. The molecule has 0 aromatic carbocycles. The summed E-state index contributed by atoms with van der Waals surface area (Å²) in [5.41, 5.74) is 0. The number of hydrogen-bond acceptors (Lipinski definition) is 6. The molecule has 6 nitrogen and oxygen atoms in total. The van der Waals surface area contributed by atoms with Crippen molar-refractivity contribution in [3.63, 3.8) is 0 Å². The fourth-order valence-corrected chi connectivity index (χ4v) is 6.84. The van der Waals surface area contributed by atoms with Gasteiger partial charge in [0.05, 0.1) is 0 Å². The third-order valence-electron chi connectivity index (χ3n) is 10.6. The van der Waals surface area contributed by atoms with Crippen LogP contribution in [0.1, 0.15) is 252 Å². The Morgan fingerprint density at radius 2 is 0.579 bits per heavy atom. The summed E-state index contributed by atoms with van der Waals surface area (Å²) >= 11 is 0. The van der Waals surface area contributed by atoms with Gasteiger partial charge in [-0.15, -0.1) is 0 Å². The quantitative estimate of drug-likeness (QED) is 0.0264. The molecule has 6 heteroatoms. The number of carbonyl (C=O) groups excluding carboxylic acids is 3. The van der Waals surface area contributed by atoms with Crippen LogP contribution in [0.15, 0.2) is 36.5 Å². The summed E-state index contributed by atoms with van der Waals surface area (Å²) in [4.78, 5) is 37.8. The van der Waals surface area contributed by atoms with Crippen LogP contribution in [0.3, 0.4) is 0 Å². The Bertz CT molecular complexity index is 917. The average Bonchev–Trinajstić information content (AvgIpc) is 3.21. The minimum Gasteiger partial charge on any atom is -0.462 e. The highest BCUT2D eigenvalue weighted by Crippen LogP contribution is 2.14. The van der Waals surface area contributed by atoms with Crippen LogP contribution >= 0.6 is 0 Å². The van der Waals surface area contributed by atoms with Gasteiger partial charge < -0.3 is 14.2 Å². The Balaban J connectivity index is 4.40. The van der Waals surface area contributed by atoms with Crippen molar-refractivity contribution >= 4 is 17.9 Å². The third kappa shape index (κ3) is 44.6. The molecule has 57 heavy (non-hydrogen) atoms. The number of unbranched alkanes of at least 4 members (excludes halogenated alkanes) is 27. The van der Waals surface area contributed by atoms with E-state index in [0.717, 1.165) is 83.5 Å². The Labute approximate surface area is 353 Å². The van der Waals surface area contributed by atoms with Crippen molar-refractivity contribution in [2.24, 2.45) is 0 Å². The van der Waals surface area contributed by atoms with Crippen molar-refractivity contribution in [2.45, 2.75) is 258 Å². The van der Waals surface area contributed by atoms with Gasteiger partial charge in [-0.1, -0.05) is 173 Å². The average molecular weight is 801 g/mol. The van der Waals surface area contributed by atoms with E-state index >= 15 is 0 Å². The Hall–Kier alpha value is -2.37. The molecule has 0 radical (unpaired) electrons. The molecule has 0 heterocycles. The Kier molecular flexibility index (Phi) is 44.4. The smallest absolute Gasteiger partial charge is 0.306 e. The van der Waals surface area contributed by atoms with E-state index in [-0.39, 0.29) is 31.1 Å². The number of esters is 3. The molecule has 0 aliphatic heterocycles. The van der Waals surface area contributed by atoms with Crippen LogP contribution < -0.4 is 0 Å². The van der Waals surface area contributed by atoms with Crippen LogP contribution in [0, 0.1) is 0 Å². The van der Waals surface area contributed by atoms with E-state index in [1.54, 1.807) is 0 Å². The summed E-state index contributed by atoms with van der Waals surface area (Å²) < 4.78 is 16.7. The normalized spacial score (nSPS) is 12.3. The first-order valence-corrected chi connectivity index (χ1v) is 24.5. The van der Waals surface area contributed by atoms with Gasteiger partial charge in [-0.05, 0) is 96.3 Å². The monoisotopic (exact) mass is 801 g/mol. The summed E-state index contributed by atoms with van der Waals surface area (Å²) in [5, 5.41) is 0. The van der Waals surface area contributed by atoms with Gasteiger partial charge in [0.2, 0.25) is 0 Å². The number of allylic oxidation sites excluding steroid dienone is 6. The van der Waals surface area contributed by atoms with E-state index in [2.05, 4.69) is 57.2 Å². The van der Waals surface area contributed by atoms with Crippen LogP contribution in [0.4, 0.5) is 0 Å². The van der Waals surface area contributed by atoms with Crippen molar-refractivity contribution in [2.75, 3.05) is 13.2 Å². The summed E-state index contributed by atoms with van der Waals surface area (Å²) in [6.45, 7) is 6.57. The molecule has 0 bridgehead atoms. The zero-order valence-corrected chi connectivity index (χ0v) is 37.9. The maximum Gasteiger partial charge on any atom is 0.306 e. The second kappa shape index (κ2) is 46.3. The molecule has 0 amide bonds. The lowest BCUT2D eigenvalue weighted by molar-refractivity contribution is -0.167. The molecule has 0 spiro atoms. The predicted molar refractivity (Wildman–Crippen MR) is 242 cm³/mol. The van der Waals surface area contributed by atoms with Crippen molar-refractivity contribution in [1.82, 2.24) is 0 Å². The van der Waals surface area contributed by atoms with Gasteiger partial charge in [0.1, 0.15) is 13.2 Å². The minimum absolute atomic E-state index is 0.0814. The van der Waals surface area contributed by atoms with Gasteiger partial charge in [-0.3, -0.25) is 14.4 Å². The molecule has 0 aliphatic carbocycles. The third-order valence-corrected chi connectivity index (χ3v) is 10.6. The number of rotatable bonds is 44. The molecule has 0 aromatic heterocycles. The van der Waals surface area contributed by atoms with Gasteiger partial charge in [-0.2, -0.15) is 0 Å². The SMILES string of the molecule is CCCCCC/C=C\CCCCCCCC(=O)OCC(COC(=O)CCCCCCC/C=C/CCCCCC)OC(=O)CCCCCCC/C=C/CCCCCC. The molecule has 0 fully saturated rings. The molecule has 0 saturated carbocycles. The van der Waals surface area contributed by atoms with Crippen molar-refractivity contribution in [3.05, 3.63) is 36.5 Å². The largest absolute Gasteiger partial charge is 0.462 e. The second-order valence-corrected chi connectivity index (χ2v) is 16.4. The first-order chi connectivity index (χ1) is 28.0. The van der Waals surface area contributed by atoms with E-state index in [4.69, 9.17) is 14.2 Å². The van der Waals surface area contributed by atoms with Gasteiger partial charge >= 0.3 is 17.9 Å². The molecular formula is C51H92O6. The van der Waals surface area contributed by atoms with Gasteiger partial charge in [-0.25, -0.2) is 0 Å². The van der Waals surface area contributed by atoms with Crippen LogP contribution in [0.2, 0.25) is 0 Å². The highest BCUT2D eigenvalue weighted by Gasteiger charge is 2.19. The number of carbonyl (C=O) groups is 3. The first kappa shape index (κ1) is 54.6. The zero-order chi connectivity index (χ0) is 41.5. The highest BCUT2D eigenvalue weighted by atomic mass is 16.6. The summed E-state index contributed by atoms with van der Waals surface area (Å²) in [5.74, 6) is -0.903. The molecule has 0 rings (SSSR count). The topological polar surface area (TPSA) is 78.9 Å². The van der Waals surface area contributed by atoms with E-state index in [1.165, 1.54) is 128 Å². The van der Waals surface area contributed by atoms with E-state index < -0.39 is 6.10 Å². The molecule has 1 unspecified atom stereocenters. The van der Waals surface area contributed by atoms with Crippen LogP contribution in [-0.4, -0.2) is 37.2 Å². The van der Waals surface area contributed by atoms with Crippen LogP contribution in [0.25, 0.3) is 0 Å². The Morgan fingerprint density at radius 3 is 0.877 bits per heavy atom. The molecule has 1 atom stereocenters. The maximum absolute atomic E-state index is 12.7. The molecular weight excluding hydrogens is 709 g/mol. The molecule has 332 valence electrons. The second-order valence-electron chi connectivity index (χ2n) is 16.4. The maximum atomic E-state index is 12.7. The number of hydrogen-bond donors (Lipinski definition) is 0. The van der Waals surface area contributed by atoms with Gasteiger partial charge in [0, 0.05) is 19.3 Å². The summed E-state index contributed by atoms with van der Waals surface area (Å²) in [6, 6.07) is 0. The molecule has 0 aliphatic rings. The van der Waals surface area contributed by atoms with Crippen molar-refractivity contribution < 1.29 is 28.6 Å². The van der Waals surface area contributed by atoms with Crippen molar-refractivity contribution in [1.29, 1.82) is 0 Å². The zero-order valence-electron chi connectivity index (χ0n) is 37.9. The van der Waals surface area contributed by atoms with Crippen LogP contribution in [-0.2, 0) is 28.6 Å². The lowest BCUT2D eigenvalue weighted by Gasteiger charge is -2.18. The summed E-state index contributed by atoms with van der Waals surface area (Å²) in [7, 11) is 0. The first-order valence-electron chi connectivity index (χ1n) is 24.5. The lowest BCUT2D eigenvalue weighted by Crippen LogP contribution is -2.30. The lowest BCUT2D eigenvalue weighted by atomic mass is 10.1. The highest BCUT2D eigenvalue weighted by molar-refractivity contribution is 5.71. The van der Waals surface area contributed by atoms with Gasteiger partial charge in [0.25, 0.3) is 0 Å². The van der Waals surface area contributed by atoms with E-state index in [9.17, 15) is 14.4 Å². The fourth-order valence-electron chi connectivity index (χ4n) is 6.84. The van der Waals surface area contributed by atoms with E-state index in [1.807, 2.05) is 0 Å². The van der Waals surface area contributed by atoms with Crippen LogP contribution in [0.5, 0.6) is 0 Å². The van der Waals surface area contributed by atoms with Gasteiger partial charge in [0.15, 0.2) is 6.10 Å². The minimum atomic E-state index is -0.779. The van der Waals surface area contributed by atoms with Crippen molar-refractivity contribution in [3.8, 4) is 0 Å². The number of ether oxygens (including phenoxy) is 3. The molecule has 0 aromatic rings. The summed E-state index contributed by atoms with van der Waals surface area (Å²) in [6.07, 6.45) is 52.6. The predicted octanol–water partition coefficient (Wildman–Crippen LogP) is 15.8.